The van der Waals surface area contributed by atoms with Gasteiger partial charge in [-0.15, -0.1) is 0 Å². The summed E-state index contributed by atoms with van der Waals surface area (Å²) in [6.07, 6.45) is 3.73. The third kappa shape index (κ3) is 2.97. The first kappa shape index (κ1) is 14.5. The molecule has 4 atom stereocenters. The number of rotatable bonds is 3. The van der Waals surface area contributed by atoms with Crippen LogP contribution in [0.25, 0.3) is 0 Å². The maximum Gasteiger partial charge on any atom is 0.308 e. The Labute approximate surface area is 125 Å². The Morgan fingerprint density at radius 3 is 2.48 bits per heavy atom. The molecule has 0 unspecified atom stereocenters. The second kappa shape index (κ2) is 6.16. The third-order valence-electron chi connectivity index (χ3n) is 5.06. The van der Waals surface area contributed by atoms with Gasteiger partial charge < -0.3 is 10.2 Å². The summed E-state index contributed by atoms with van der Waals surface area (Å²) in [6.45, 7) is 1.29. The van der Waals surface area contributed by atoms with E-state index >= 15 is 0 Å². The molecule has 1 aromatic carbocycles. The second-order valence-corrected chi connectivity index (χ2v) is 6.33. The Bertz CT molecular complexity index is 490. The number of benzene rings is 1. The average Bonchev–Trinajstić information content (AvgIpc) is 2.94. The highest BCUT2D eigenvalue weighted by atomic mass is 16.4. The minimum absolute atomic E-state index is 0.0258. The van der Waals surface area contributed by atoms with Crippen LogP contribution in [0.4, 0.5) is 0 Å². The van der Waals surface area contributed by atoms with Gasteiger partial charge >= 0.3 is 5.97 Å². The summed E-state index contributed by atoms with van der Waals surface area (Å²) in [4.78, 5) is 13.8. The quantitative estimate of drug-likeness (QED) is 0.894. The highest BCUT2D eigenvalue weighted by molar-refractivity contribution is 5.72. The van der Waals surface area contributed by atoms with Crippen LogP contribution < -0.4 is 0 Å². The van der Waals surface area contributed by atoms with Gasteiger partial charge in [0.25, 0.3) is 0 Å². The summed E-state index contributed by atoms with van der Waals surface area (Å²) >= 11 is 0. The first-order chi connectivity index (χ1) is 10.2. The number of aliphatic carboxylic acids is 1. The Kier molecular flexibility index (Phi) is 4.27. The summed E-state index contributed by atoms with van der Waals surface area (Å²) in [6, 6.07) is 10.0. The molecular formula is C17H23NO3. The second-order valence-electron chi connectivity index (χ2n) is 6.33. The van der Waals surface area contributed by atoms with Gasteiger partial charge in [0.2, 0.25) is 0 Å². The average molecular weight is 289 g/mol. The van der Waals surface area contributed by atoms with Crippen molar-refractivity contribution < 1.29 is 15.0 Å². The van der Waals surface area contributed by atoms with Crippen molar-refractivity contribution in [3.63, 3.8) is 0 Å². The normalized spacial score (nSPS) is 34.0. The van der Waals surface area contributed by atoms with Crippen LogP contribution in [0.15, 0.2) is 30.3 Å². The lowest BCUT2D eigenvalue weighted by atomic mass is 9.89. The van der Waals surface area contributed by atoms with Gasteiger partial charge in [0.05, 0.1) is 12.0 Å². The molecule has 1 heterocycles. The SMILES string of the molecule is O=C(O)[C@H]1CN([C@@H]2CCCC[C@H]2O)C[C@@H]1c1ccccc1. The molecule has 1 aliphatic heterocycles. The zero-order chi connectivity index (χ0) is 14.8. The monoisotopic (exact) mass is 289 g/mol. The first-order valence-corrected chi connectivity index (χ1v) is 7.86. The zero-order valence-electron chi connectivity index (χ0n) is 12.2. The molecule has 0 spiro atoms. The van der Waals surface area contributed by atoms with E-state index in [-0.39, 0.29) is 24.0 Å². The van der Waals surface area contributed by atoms with Gasteiger partial charge in [-0.3, -0.25) is 9.69 Å². The van der Waals surface area contributed by atoms with E-state index < -0.39 is 5.97 Å². The molecule has 4 nitrogen and oxygen atoms in total. The number of hydrogen-bond acceptors (Lipinski definition) is 3. The molecule has 2 N–H and O–H groups in total. The van der Waals surface area contributed by atoms with Gasteiger partial charge in [0, 0.05) is 25.0 Å². The van der Waals surface area contributed by atoms with Crippen molar-refractivity contribution in [2.45, 2.75) is 43.7 Å². The molecule has 0 amide bonds. The molecular weight excluding hydrogens is 266 g/mol. The largest absolute Gasteiger partial charge is 0.481 e. The molecule has 1 aliphatic carbocycles. The van der Waals surface area contributed by atoms with Crippen molar-refractivity contribution in [3.05, 3.63) is 35.9 Å². The molecule has 1 aromatic rings. The van der Waals surface area contributed by atoms with Crippen LogP contribution in [0.3, 0.4) is 0 Å². The Morgan fingerprint density at radius 2 is 1.81 bits per heavy atom. The molecule has 4 heteroatoms. The van der Waals surface area contributed by atoms with Crippen LogP contribution in [0.5, 0.6) is 0 Å². The van der Waals surface area contributed by atoms with Crippen LogP contribution in [-0.2, 0) is 4.79 Å². The van der Waals surface area contributed by atoms with Gasteiger partial charge in [0.1, 0.15) is 0 Å². The topological polar surface area (TPSA) is 60.8 Å². The Hall–Kier alpha value is -1.39. The summed E-state index contributed by atoms with van der Waals surface area (Å²) in [5.41, 5.74) is 1.10. The highest BCUT2D eigenvalue weighted by Crippen LogP contribution is 2.36. The lowest BCUT2D eigenvalue weighted by Gasteiger charge is -2.35. The molecule has 2 aliphatic rings. The van der Waals surface area contributed by atoms with Gasteiger partial charge in [-0.25, -0.2) is 0 Å². The van der Waals surface area contributed by atoms with E-state index in [4.69, 9.17) is 0 Å². The number of carboxylic acids is 1. The van der Waals surface area contributed by atoms with Gasteiger partial charge in [0.15, 0.2) is 0 Å². The predicted octanol–water partition coefficient (Wildman–Crippen LogP) is 2.09. The molecule has 0 radical (unpaired) electrons. The molecule has 21 heavy (non-hydrogen) atoms. The Morgan fingerprint density at radius 1 is 1.10 bits per heavy atom. The van der Waals surface area contributed by atoms with Crippen molar-refractivity contribution in [1.82, 2.24) is 4.90 Å². The van der Waals surface area contributed by atoms with Crippen molar-refractivity contribution in [2.75, 3.05) is 13.1 Å². The lowest BCUT2D eigenvalue weighted by molar-refractivity contribution is -0.141. The number of carbonyl (C=O) groups is 1. The number of carboxylic acid groups (broad SMARTS) is 1. The Balaban J connectivity index is 1.79. The first-order valence-electron chi connectivity index (χ1n) is 7.86. The fourth-order valence-corrected chi connectivity index (χ4v) is 3.91. The third-order valence-corrected chi connectivity index (χ3v) is 5.06. The fourth-order valence-electron chi connectivity index (χ4n) is 3.91. The minimum Gasteiger partial charge on any atom is -0.481 e. The smallest absolute Gasteiger partial charge is 0.308 e. The molecule has 1 saturated carbocycles. The number of nitrogens with zero attached hydrogens (tertiary/aromatic N) is 1. The lowest BCUT2D eigenvalue weighted by Crippen LogP contribution is -2.44. The zero-order valence-corrected chi connectivity index (χ0v) is 12.2. The van der Waals surface area contributed by atoms with Crippen LogP contribution in [0.1, 0.15) is 37.2 Å². The van der Waals surface area contributed by atoms with Gasteiger partial charge in [-0.05, 0) is 18.4 Å². The molecule has 1 saturated heterocycles. The molecule has 0 bridgehead atoms. The summed E-state index contributed by atoms with van der Waals surface area (Å²) in [5, 5.41) is 19.8. The van der Waals surface area contributed by atoms with Crippen LogP contribution in [0.2, 0.25) is 0 Å². The number of aliphatic hydroxyl groups excluding tert-OH is 1. The number of aliphatic hydroxyl groups is 1. The van der Waals surface area contributed by atoms with Crippen LogP contribution >= 0.6 is 0 Å². The molecule has 0 aromatic heterocycles. The van der Waals surface area contributed by atoms with E-state index in [0.29, 0.717) is 6.54 Å². The molecule has 114 valence electrons. The highest BCUT2D eigenvalue weighted by Gasteiger charge is 2.42. The van der Waals surface area contributed by atoms with E-state index in [9.17, 15) is 15.0 Å². The number of likely N-dealkylation sites (tertiary alicyclic amines) is 1. The number of hydrogen-bond donors (Lipinski definition) is 2. The molecule has 3 rings (SSSR count). The van der Waals surface area contributed by atoms with Gasteiger partial charge in [-0.1, -0.05) is 43.2 Å². The van der Waals surface area contributed by atoms with E-state index in [1.165, 1.54) is 0 Å². The van der Waals surface area contributed by atoms with Crippen LogP contribution in [0, 0.1) is 5.92 Å². The van der Waals surface area contributed by atoms with E-state index in [0.717, 1.165) is 37.8 Å². The standard InChI is InChI=1S/C17H23NO3/c19-16-9-5-4-8-15(16)18-10-13(14(11-18)17(20)21)12-6-2-1-3-7-12/h1-3,6-7,13-16,19H,4-5,8-11H2,(H,20,21)/t13-,14+,15-,16-/m1/s1. The fraction of sp³-hybridized carbons (Fsp3) is 0.588. The van der Waals surface area contributed by atoms with E-state index in [1.54, 1.807) is 0 Å². The summed E-state index contributed by atoms with van der Waals surface area (Å²) in [7, 11) is 0. The van der Waals surface area contributed by atoms with Gasteiger partial charge in [-0.2, -0.15) is 0 Å². The van der Waals surface area contributed by atoms with Crippen LogP contribution in [-0.4, -0.2) is 46.3 Å². The van der Waals surface area contributed by atoms with Crippen molar-refractivity contribution >= 4 is 5.97 Å². The van der Waals surface area contributed by atoms with E-state index in [1.807, 2.05) is 30.3 Å². The van der Waals surface area contributed by atoms with Crippen molar-refractivity contribution in [2.24, 2.45) is 5.92 Å². The summed E-state index contributed by atoms with van der Waals surface area (Å²) < 4.78 is 0. The molecule has 2 fully saturated rings. The summed E-state index contributed by atoms with van der Waals surface area (Å²) in [5.74, 6) is -1.07. The maximum atomic E-state index is 11.6. The predicted molar refractivity (Wildman–Crippen MR) is 80.1 cm³/mol. The minimum atomic E-state index is -0.725. The van der Waals surface area contributed by atoms with Crippen molar-refractivity contribution in [1.29, 1.82) is 0 Å². The van der Waals surface area contributed by atoms with E-state index in [2.05, 4.69) is 4.90 Å². The van der Waals surface area contributed by atoms with Crippen molar-refractivity contribution in [3.8, 4) is 0 Å². The maximum absolute atomic E-state index is 11.6.